The lowest BCUT2D eigenvalue weighted by Crippen LogP contribution is -2.31. The smallest absolute Gasteiger partial charge is 0.340 e. The molecule has 1 aromatic heterocycles. The van der Waals surface area contributed by atoms with Crippen molar-refractivity contribution in [1.29, 1.82) is 0 Å². The summed E-state index contributed by atoms with van der Waals surface area (Å²) in [6.07, 6.45) is 0. The van der Waals surface area contributed by atoms with Gasteiger partial charge in [0.15, 0.2) is 5.11 Å². The third-order valence-electron chi connectivity index (χ3n) is 3.53. The van der Waals surface area contributed by atoms with E-state index >= 15 is 0 Å². The summed E-state index contributed by atoms with van der Waals surface area (Å²) in [5, 5.41) is 7.45. The molecule has 1 atom stereocenters. The van der Waals surface area contributed by atoms with E-state index in [2.05, 4.69) is 10.6 Å². The number of hydrogen-bond acceptors (Lipinski definition) is 5. The second-order valence-corrected chi connectivity index (χ2v) is 7.08. The maximum Gasteiger partial charge on any atom is 0.340 e. The number of hydrogen-bond donors (Lipinski definition) is 2. The summed E-state index contributed by atoms with van der Waals surface area (Å²) in [6.45, 7) is 6.55. The molecule has 1 aromatic carbocycles. The number of thiophene rings is 1. The fraction of sp³-hybridized carbons (Fsp3) is 0.333. The first-order valence-electron chi connectivity index (χ1n) is 7.93. The first kappa shape index (κ1) is 19.2. The van der Waals surface area contributed by atoms with Gasteiger partial charge in [0, 0.05) is 4.88 Å². The Balaban J connectivity index is 2.01. The van der Waals surface area contributed by atoms with Crippen LogP contribution in [0.15, 0.2) is 30.3 Å². The third kappa shape index (κ3) is 5.17. The second-order valence-electron chi connectivity index (χ2n) is 5.41. The fourth-order valence-corrected chi connectivity index (χ4v) is 3.55. The molecule has 2 rings (SSSR count). The van der Waals surface area contributed by atoms with Gasteiger partial charge in [-0.05, 0) is 56.8 Å². The number of thiocarbonyl (C=S) groups is 1. The highest BCUT2D eigenvalue weighted by molar-refractivity contribution is 7.80. The summed E-state index contributed by atoms with van der Waals surface area (Å²) < 4.78 is 10.3. The Hall–Kier alpha value is -2.12. The van der Waals surface area contributed by atoms with Crippen molar-refractivity contribution in [3.8, 4) is 5.75 Å². The molecule has 25 heavy (non-hydrogen) atoms. The highest BCUT2D eigenvalue weighted by Gasteiger charge is 2.17. The molecule has 0 amide bonds. The molecule has 134 valence electrons. The molecule has 2 aromatic rings. The minimum Gasteiger partial charge on any atom is -0.494 e. The minimum atomic E-state index is -0.380. The molecule has 0 radical (unpaired) electrons. The monoisotopic (exact) mass is 378 g/mol. The number of aryl methyl sites for hydroxylation is 1. The van der Waals surface area contributed by atoms with Gasteiger partial charge in [-0.1, -0.05) is 12.1 Å². The first-order valence-corrected chi connectivity index (χ1v) is 9.16. The van der Waals surface area contributed by atoms with E-state index in [9.17, 15) is 4.79 Å². The van der Waals surface area contributed by atoms with Crippen molar-refractivity contribution in [1.82, 2.24) is 5.32 Å². The van der Waals surface area contributed by atoms with Crippen molar-refractivity contribution in [3.63, 3.8) is 0 Å². The van der Waals surface area contributed by atoms with Gasteiger partial charge in [0.1, 0.15) is 10.8 Å². The zero-order valence-corrected chi connectivity index (χ0v) is 16.3. The van der Waals surface area contributed by atoms with Crippen LogP contribution in [0.3, 0.4) is 0 Å². The third-order valence-corrected chi connectivity index (χ3v) is 4.71. The summed E-state index contributed by atoms with van der Waals surface area (Å²) in [7, 11) is 1.36. The summed E-state index contributed by atoms with van der Waals surface area (Å²) in [4.78, 5) is 12.8. The lowest BCUT2D eigenvalue weighted by molar-refractivity contribution is 0.0602. The average Bonchev–Trinajstić information content (AvgIpc) is 2.95. The first-order chi connectivity index (χ1) is 11.9. The largest absolute Gasteiger partial charge is 0.494 e. The number of esters is 1. The van der Waals surface area contributed by atoms with Gasteiger partial charge in [-0.25, -0.2) is 4.79 Å². The molecule has 0 saturated carbocycles. The predicted octanol–water partition coefficient (Wildman–Crippen LogP) is 4.29. The average molecular weight is 379 g/mol. The van der Waals surface area contributed by atoms with Gasteiger partial charge in [0.25, 0.3) is 0 Å². The lowest BCUT2D eigenvalue weighted by Gasteiger charge is -2.17. The number of methoxy groups -OCH3 is 1. The molecule has 0 aliphatic carbocycles. The quantitative estimate of drug-likeness (QED) is 0.578. The number of carbonyl (C=O) groups is 1. The second kappa shape index (κ2) is 8.82. The Kier molecular flexibility index (Phi) is 6.78. The molecular formula is C18H22N2O3S2. The van der Waals surface area contributed by atoms with Gasteiger partial charge in [-0.3, -0.25) is 0 Å². The Morgan fingerprint density at radius 3 is 2.60 bits per heavy atom. The molecule has 0 aliphatic heterocycles. The van der Waals surface area contributed by atoms with Crippen LogP contribution < -0.4 is 15.4 Å². The van der Waals surface area contributed by atoms with Crippen molar-refractivity contribution in [3.05, 3.63) is 46.3 Å². The van der Waals surface area contributed by atoms with E-state index in [1.807, 2.05) is 45.0 Å². The molecule has 0 bridgehead atoms. The molecule has 1 heterocycles. The van der Waals surface area contributed by atoms with Crippen LogP contribution in [0.25, 0.3) is 0 Å². The van der Waals surface area contributed by atoms with Gasteiger partial charge in [0.2, 0.25) is 0 Å². The number of carbonyl (C=O) groups excluding carboxylic acids is 1. The molecule has 0 saturated heterocycles. The molecule has 5 nitrogen and oxygen atoms in total. The standard InChI is InChI=1S/C18H22N2O3S2/c1-5-23-14-8-6-13(7-9-14)12(3)19-18(24)20-16-15(17(21)22-4)10-11(2)25-16/h6-10,12H,5H2,1-4H3,(H2,19,20,24). The molecule has 7 heteroatoms. The van der Waals surface area contributed by atoms with Crippen molar-refractivity contribution >= 4 is 39.6 Å². The number of ether oxygens (including phenoxy) is 2. The van der Waals surface area contributed by atoms with Crippen LogP contribution in [-0.2, 0) is 4.74 Å². The van der Waals surface area contributed by atoms with Gasteiger partial charge in [-0.2, -0.15) is 0 Å². The summed E-state index contributed by atoms with van der Waals surface area (Å²) in [5.74, 6) is 0.463. The van der Waals surface area contributed by atoms with E-state index in [1.54, 1.807) is 6.07 Å². The van der Waals surface area contributed by atoms with Crippen LogP contribution >= 0.6 is 23.6 Å². The van der Waals surface area contributed by atoms with E-state index in [-0.39, 0.29) is 12.0 Å². The maximum absolute atomic E-state index is 11.8. The van der Waals surface area contributed by atoms with E-state index in [1.165, 1.54) is 18.4 Å². The van der Waals surface area contributed by atoms with Gasteiger partial charge >= 0.3 is 5.97 Å². The van der Waals surface area contributed by atoms with E-state index < -0.39 is 0 Å². The van der Waals surface area contributed by atoms with Crippen molar-refractivity contribution in [2.24, 2.45) is 0 Å². The molecule has 0 spiro atoms. The number of rotatable bonds is 6. The van der Waals surface area contributed by atoms with Crippen molar-refractivity contribution in [2.75, 3.05) is 19.0 Å². The van der Waals surface area contributed by atoms with Crippen LogP contribution in [0, 0.1) is 6.92 Å². The minimum absolute atomic E-state index is 0.0123. The summed E-state index contributed by atoms with van der Waals surface area (Å²) >= 11 is 6.84. The van der Waals surface area contributed by atoms with Crippen LogP contribution in [0.4, 0.5) is 5.00 Å². The van der Waals surface area contributed by atoms with Crippen LogP contribution in [0.5, 0.6) is 5.75 Å². The number of benzene rings is 1. The van der Waals surface area contributed by atoms with E-state index in [0.717, 1.165) is 16.2 Å². The molecule has 0 aliphatic rings. The highest BCUT2D eigenvalue weighted by Crippen LogP contribution is 2.28. The zero-order chi connectivity index (χ0) is 18.4. The van der Waals surface area contributed by atoms with Crippen molar-refractivity contribution < 1.29 is 14.3 Å². The fourth-order valence-electron chi connectivity index (χ4n) is 2.31. The predicted molar refractivity (Wildman–Crippen MR) is 106 cm³/mol. The topological polar surface area (TPSA) is 59.6 Å². The Bertz CT molecular complexity index is 741. The molecular weight excluding hydrogens is 356 g/mol. The normalized spacial score (nSPS) is 11.5. The van der Waals surface area contributed by atoms with Gasteiger partial charge in [-0.15, -0.1) is 11.3 Å². The van der Waals surface area contributed by atoms with Crippen LogP contribution in [0.1, 0.15) is 40.7 Å². The number of nitrogens with one attached hydrogen (secondary N) is 2. The Morgan fingerprint density at radius 2 is 2.00 bits per heavy atom. The molecule has 2 N–H and O–H groups in total. The maximum atomic E-state index is 11.8. The highest BCUT2D eigenvalue weighted by atomic mass is 32.1. The lowest BCUT2D eigenvalue weighted by atomic mass is 10.1. The van der Waals surface area contributed by atoms with Crippen LogP contribution in [-0.4, -0.2) is 24.8 Å². The van der Waals surface area contributed by atoms with Crippen molar-refractivity contribution in [2.45, 2.75) is 26.8 Å². The Morgan fingerprint density at radius 1 is 1.32 bits per heavy atom. The van der Waals surface area contributed by atoms with Gasteiger partial charge in [0.05, 0.1) is 25.3 Å². The molecule has 1 unspecified atom stereocenters. The SMILES string of the molecule is CCOc1ccc(C(C)NC(=S)Nc2sc(C)cc2C(=O)OC)cc1. The zero-order valence-electron chi connectivity index (χ0n) is 14.7. The van der Waals surface area contributed by atoms with E-state index in [4.69, 9.17) is 21.7 Å². The summed E-state index contributed by atoms with van der Waals surface area (Å²) in [5.41, 5.74) is 1.58. The summed E-state index contributed by atoms with van der Waals surface area (Å²) in [6, 6.07) is 9.67. The van der Waals surface area contributed by atoms with Gasteiger partial charge < -0.3 is 20.1 Å². The molecule has 0 fully saturated rings. The van der Waals surface area contributed by atoms with E-state index in [0.29, 0.717) is 22.3 Å². The number of anilines is 1. The Labute approximate surface area is 157 Å². The van der Waals surface area contributed by atoms with Crippen LogP contribution in [0.2, 0.25) is 0 Å².